The molecule has 0 aliphatic heterocycles. The van der Waals surface area contributed by atoms with Gasteiger partial charge < -0.3 is 15.4 Å². The number of nitrogens with zero attached hydrogens (tertiary/aromatic N) is 2. The molecule has 5 nitrogen and oxygen atoms in total. The molecule has 134 valence electrons. The molecule has 0 saturated carbocycles. The lowest BCUT2D eigenvalue weighted by Gasteiger charge is -2.18. The average molecular weight is 344 g/mol. The first-order valence-electron chi connectivity index (χ1n) is 8.44. The molecule has 0 fully saturated rings. The van der Waals surface area contributed by atoms with Gasteiger partial charge in [-0.15, -0.1) is 0 Å². The summed E-state index contributed by atoms with van der Waals surface area (Å²) in [6.45, 7) is 7.57. The van der Waals surface area contributed by atoms with Gasteiger partial charge in [0.1, 0.15) is 6.10 Å². The minimum atomic E-state index is -0.361. The number of pyridine rings is 1. The first-order chi connectivity index (χ1) is 12.1. The van der Waals surface area contributed by atoms with E-state index in [1.54, 1.807) is 18.2 Å². The molecule has 0 aliphatic rings. The first kappa shape index (κ1) is 18.7. The molecule has 2 rings (SSSR count). The first-order valence-corrected chi connectivity index (χ1v) is 8.44. The summed E-state index contributed by atoms with van der Waals surface area (Å²) in [6, 6.07) is 12.3. The van der Waals surface area contributed by atoms with E-state index in [2.05, 4.69) is 20.6 Å². The van der Waals surface area contributed by atoms with Crippen LogP contribution in [0.2, 0.25) is 0 Å². The highest BCUT2D eigenvalue weighted by atomic mass is 19.1. The molecule has 25 heavy (non-hydrogen) atoms. The standard InChI is InChI=1S/C19H25FN4O/c1-4-21-19(23-13-16-9-7-8-14(2)24-16)22-12-15(3)25-18-11-6-5-10-17(18)20/h5-11,15H,4,12-13H2,1-3H3,(H2,21,22,23). The van der Waals surface area contributed by atoms with Crippen molar-refractivity contribution < 1.29 is 9.13 Å². The number of rotatable bonds is 7. The Balaban J connectivity index is 1.90. The molecule has 0 saturated heterocycles. The van der Waals surface area contributed by atoms with Crippen molar-refractivity contribution >= 4 is 5.96 Å². The molecule has 0 bridgehead atoms. The van der Waals surface area contributed by atoms with Crippen LogP contribution < -0.4 is 15.4 Å². The van der Waals surface area contributed by atoms with Gasteiger partial charge >= 0.3 is 0 Å². The second-order valence-corrected chi connectivity index (χ2v) is 5.71. The highest BCUT2D eigenvalue weighted by Crippen LogP contribution is 2.16. The van der Waals surface area contributed by atoms with Crippen molar-refractivity contribution in [2.24, 2.45) is 4.99 Å². The maximum Gasteiger partial charge on any atom is 0.191 e. The van der Waals surface area contributed by atoms with Gasteiger partial charge in [0.25, 0.3) is 0 Å². The van der Waals surface area contributed by atoms with E-state index in [-0.39, 0.29) is 17.7 Å². The van der Waals surface area contributed by atoms with Crippen LogP contribution in [0.4, 0.5) is 4.39 Å². The molecule has 1 heterocycles. The Morgan fingerprint density at radius 1 is 1.20 bits per heavy atom. The van der Waals surface area contributed by atoms with Crippen LogP contribution in [0, 0.1) is 12.7 Å². The van der Waals surface area contributed by atoms with Crippen molar-refractivity contribution in [1.82, 2.24) is 15.6 Å². The summed E-state index contributed by atoms with van der Waals surface area (Å²) in [6.07, 6.45) is -0.210. The summed E-state index contributed by atoms with van der Waals surface area (Å²) >= 11 is 0. The van der Waals surface area contributed by atoms with Crippen molar-refractivity contribution in [2.45, 2.75) is 33.4 Å². The van der Waals surface area contributed by atoms with Gasteiger partial charge in [-0.05, 0) is 45.0 Å². The van der Waals surface area contributed by atoms with Gasteiger partial charge in [0, 0.05) is 12.2 Å². The van der Waals surface area contributed by atoms with E-state index >= 15 is 0 Å². The van der Waals surface area contributed by atoms with Crippen LogP contribution in [-0.2, 0) is 6.54 Å². The molecule has 0 radical (unpaired) electrons. The van der Waals surface area contributed by atoms with Crippen molar-refractivity contribution in [3.05, 3.63) is 59.7 Å². The van der Waals surface area contributed by atoms with Crippen molar-refractivity contribution in [3.63, 3.8) is 0 Å². The zero-order chi connectivity index (χ0) is 18.1. The summed E-state index contributed by atoms with van der Waals surface area (Å²) in [7, 11) is 0. The van der Waals surface area contributed by atoms with E-state index in [4.69, 9.17) is 4.74 Å². The Morgan fingerprint density at radius 2 is 2.00 bits per heavy atom. The molecule has 0 spiro atoms. The number of halogens is 1. The van der Waals surface area contributed by atoms with Gasteiger partial charge in [-0.25, -0.2) is 9.38 Å². The van der Waals surface area contributed by atoms with E-state index in [1.165, 1.54) is 6.07 Å². The molecular weight excluding hydrogens is 319 g/mol. The van der Waals surface area contributed by atoms with Gasteiger partial charge in [-0.3, -0.25) is 4.98 Å². The summed E-state index contributed by atoms with van der Waals surface area (Å²) in [5.74, 6) is 0.568. The number of hydrogen-bond acceptors (Lipinski definition) is 3. The molecule has 2 aromatic rings. The summed E-state index contributed by atoms with van der Waals surface area (Å²) in [5, 5.41) is 6.39. The Kier molecular flexibility index (Phi) is 7.19. The fraction of sp³-hybridized carbons (Fsp3) is 0.368. The van der Waals surface area contributed by atoms with E-state index in [9.17, 15) is 4.39 Å². The lowest BCUT2D eigenvalue weighted by Crippen LogP contribution is -2.41. The quantitative estimate of drug-likeness (QED) is 0.599. The minimum absolute atomic E-state index is 0.210. The fourth-order valence-corrected chi connectivity index (χ4v) is 2.23. The van der Waals surface area contributed by atoms with E-state index < -0.39 is 0 Å². The van der Waals surface area contributed by atoms with Crippen LogP contribution in [0.15, 0.2) is 47.5 Å². The van der Waals surface area contributed by atoms with E-state index in [0.717, 1.165) is 17.9 Å². The Hall–Kier alpha value is -2.63. The number of aromatic nitrogens is 1. The van der Waals surface area contributed by atoms with Gasteiger partial charge in [0.05, 0.1) is 18.8 Å². The zero-order valence-electron chi connectivity index (χ0n) is 14.9. The predicted molar refractivity (Wildman–Crippen MR) is 98.3 cm³/mol. The molecule has 0 aliphatic carbocycles. The lowest BCUT2D eigenvalue weighted by atomic mass is 10.3. The lowest BCUT2D eigenvalue weighted by molar-refractivity contribution is 0.214. The molecule has 1 atom stereocenters. The molecule has 2 N–H and O–H groups in total. The second kappa shape index (κ2) is 9.61. The van der Waals surface area contributed by atoms with Crippen molar-refractivity contribution in [3.8, 4) is 5.75 Å². The normalized spacial score (nSPS) is 12.6. The van der Waals surface area contributed by atoms with Crippen LogP contribution >= 0.6 is 0 Å². The summed E-state index contributed by atoms with van der Waals surface area (Å²) in [4.78, 5) is 8.96. The van der Waals surface area contributed by atoms with Gasteiger partial charge in [0.15, 0.2) is 17.5 Å². The van der Waals surface area contributed by atoms with Gasteiger partial charge in [0.2, 0.25) is 0 Å². The Bertz CT molecular complexity index is 705. The van der Waals surface area contributed by atoms with Crippen LogP contribution in [0.1, 0.15) is 25.2 Å². The van der Waals surface area contributed by atoms with Crippen molar-refractivity contribution in [1.29, 1.82) is 0 Å². The van der Waals surface area contributed by atoms with Crippen LogP contribution in [-0.4, -0.2) is 30.1 Å². The molecule has 1 aromatic heterocycles. The number of aliphatic imine (C=N–C) groups is 1. The summed E-state index contributed by atoms with van der Waals surface area (Å²) in [5.41, 5.74) is 1.88. The smallest absolute Gasteiger partial charge is 0.191 e. The maximum absolute atomic E-state index is 13.6. The largest absolute Gasteiger partial charge is 0.486 e. The monoisotopic (exact) mass is 344 g/mol. The van der Waals surface area contributed by atoms with Crippen LogP contribution in [0.3, 0.4) is 0 Å². The number of nitrogens with one attached hydrogen (secondary N) is 2. The van der Waals surface area contributed by atoms with Gasteiger partial charge in [-0.2, -0.15) is 0 Å². The Labute approximate surface area is 148 Å². The third kappa shape index (κ3) is 6.41. The molecule has 0 amide bonds. The molecular formula is C19H25FN4O. The SMILES string of the molecule is CCNC(=NCc1cccc(C)n1)NCC(C)Oc1ccccc1F. The molecule has 6 heteroatoms. The highest BCUT2D eigenvalue weighted by Gasteiger charge is 2.09. The highest BCUT2D eigenvalue weighted by molar-refractivity contribution is 5.79. The number of benzene rings is 1. The Morgan fingerprint density at radius 3 is 2.72 bits per heavy atom. The summed E-state index contributed by atoms with van der Waals surface area (Å²) < 4.78 is 19.2. The van der Waals surface area contributed by atoms with Crippen LogP contribution in [0.5, 0.6) is 5.75 Å². The van der Waals surface area contributed by atoms with E-state index in [1.807, 2.05) is 39.0 Å². The zero-order valence-corrected chi connectivity index (χ0v) is 14.9. The maximum atomic E-state index is 13.6. The number of aryl methyl sites for hydroxylation is 1. The average Bonchev–Trinajstić information content (AvgIpc) is 2.59. The third-order valence-corrected chi connectivity index (χ3v) is 3.41. The fourth-order valence-electron chi connectivity index (χ4n) is 2.23. The predicted octanol–water partition coefficient (Wildman–Crippen LogP) is 3.05. The minimum Gasteiger partial charge on any atom is -0.486 e. The van der Waals surface area contributed by atoms with E-state index in [0.29, 0.717) is 19.0 Å². The topological polar surface area (TPSA) is 58.5 Å². The number of ether oxygens (including phenoxy) is 1. The number of para-hydroxylation sites is 1. The number of hydrogen-bond donors (Lipinski definition) is 2. The second-order valence-electron chi connectivity index (χ2n) is 5.71. The van der Waals surface area contributed by atoms with Crippen LogP contribution in [0.25, 0.3) is 0 Å². The third-order valence-electron chi connectivity index (χ3n) is 3.41. The number of guanidine groups is 1. The van der Waals surface area contributed by atoms with Crippen molar-refractivity contribution in [2.75, 3.05) is 13.1 Å². The molecule has 1 unspecified atom stereocenters. The van der Waals surface area contributed by atoms with Gasteiger partial charge in [-0.1, -0.05) is 18.2 Å². The molecule has 1 aromatic carbocycles.